The summed E-state index contributed by atoms with van der Waals surface area (Å²) >= 11 is 0. The number of carbonyl (C=O) groups is 1. The number of guanidine groups is 1. The summed E-state index contributed by atoms with van der Waals surface area (Å²) in [5.74, 6) is 0.576. The van der Waals surface area contributed by atoms with Crippen molar-refractivity contribution in [3.05, 3.63) is 66.2 Å². The Hall–Kier alpha value is -2.13. The third kappa shape index (κ3) is 7.60. The summed E-state index contributed by atoms with van der Waals surface area (Å²) in [6.45, 7) is 4.48. The molecule has 2 aromatic carbocycles. The number of anilines is 1. The van der Waals surface area contributed by atoms with Crippen LogP contribution in [0.4, 0.5) is 5.69 Å². The molecule has 0 bridgehead atoms. The second kappa shape index (κ2) is 12.5. The molecule has 3 rings (SSSR count). The molecule has 1 amide bonds. The molecule has 0 saturated carbocycles. The van der Waals surface area contributed by atoms with Crippen molar-refractivity contribution in [2.24, 2.45) is 4.99 Å². The van der Waals surface area contributed by atoms with Crippen LogP contribution >= 0.6 is 24.0 Å². The number of halogens is 1. The smallest absolute Gasteiger partial charge is 0.243 e. The molecule has 1 heterocycles. The van der Waals surface area contributed by atoms with E-state index in [0.717, 1.165) is 31.6 Å². The molecule has 0 radical (unpaired) electrons. The lowest BCUT2D eigenvalue weighted by Crippen LogP contribution is -2.52. The van der Waals surface area contributed by atoms with Crippen LogP contribution in [0.15, 0.2) is 65.7 Å². The van der Waals surface area contributed by atoms with Crippen LogP contribution in [0.25, 0.3) is 0 Å². The Morgan fingerprint density at radius 1 is 1.10 bits per heavy atom. The van der Waals surface area contributed by atoms with Crippen LogP contribution in [0.2, 0.25) is 0 Å². The topological polar surface area (TPSA) is 68.8 Å². The molecule has 1 saturated heterocycles. The first-order valence-corrected chi connectivity index (χ1v) is 10.2. The van der Waals surface area contributed by atoms with Crippen molar-refractivity contribution in [2.45, 2.75) is 38.4 Å². The van der Waals surface area contributed by atoms with Crippen LogP contribution in [0.1, 0.15) is 25.3 Å². The normalized spacial score (nSPS) is 19.5. The van der Waals surface area contributed by atoms with E-state index >= 15 is 0 Å². The third-order valence-electron chi connectivity index (χ3n) is 5.28. The fourth-order valence-electron chi connectivity index (χ4n) is 3.68. The Labute approximate surface area is 196 Å². The number of rotatable bonds is 6. The zero-order chi connectivity index (χ0) is 20.5. The van der Waals surface area contributed by atoms with Gasteiger partial charge in [-0.2, -0.15) is 0 Å². The number of carbonyl (C=O) groups excluding carboxylic acids is 1. The number of hydrogen-bond acceptors (Lipinski definition) is 3. The molecular formula is C23H32IN5O. The van der Waals surface area contributed by atoms with Crippen LogP contribution in [-0.2, 0) is 11.3 Å². The van der Waals surface area contributed by atoms with Gasteiger partial charge in [0.2, 0.25) is 5.91 Å². The lowest BCUT2D eigenvalue weighted by Gasteiger charge is -2.38. The number of nitrogens with one attached hydrogen (secondary N) is 3. The van der Waals surface area contributed by atoms with Gasteiger partial charge >= 0.3 is 0 Å². The zero-order valence-electron chi connectivity index (χ0n) is 17.7. The molecular weight excluding hydrogens is 489 g/mol. The van der Waals surface area contributed by atoms with Crippen LogP contribution in [-0.4, -0.2) is 49.0 Å². The molecule has 0 aliphatic carbocycles. The Kier molecular flexibility index (Phi) is 10.1. The van der Waals surface area contributed by atoms with Crippen molar-refractivity contribution in [3.63, 3.8) is 0 Å². The molecule has 1 aliphatic rings. The van der Waals surface area contributed by atoms with Gasteiger partial charge in [-0.3, -0.25) is 14.7 Å². The minimum Gasteiger partial charge on any atom is -0.354 e. The van der Waals surface area contributed by atoms with Crippen molar-refractivity contribution < 1.29 is 4.79 Å². The number of piperidine rings is 1. The predicted molar refractivity (Wildman–Crippen MR) is 134 cm³/mol. The lowest BCUT2D eigenvalue weighted by molar-refractivity contribution is -0.115. The van der Waals surface area contributed by atoms with Gasteiger partial charge < -0.3 is 16.0 Å². The molecule has 0 spiro atoms. The van der Waals surface area contributed by atoms with Gasteiger partial charge in [-0.1, -0.05) is 48.5 Å². The summed E-state index contributed by atoms with van der Waals surface area (Å²) in [5.41, 5.74) is 2.15. The molecule has 1 aliphatic heterocycles. The number of para-hydroxylation sites is 1. The van der Waals surface area contributed by atoms with E-state index < -0.39 is 0 Å². The first kappa shape index (κ1) is 24.1. The van der Waals surface area contributed by atoms with Gasteiger partial charge in [0.05, 0.1) is 6.54 Å². The van der Waals surface area contributed by atoms with Gasteiger partial charge in [0.15, 0.2) is 5.96 Å². The third-order valence-corrected chi connectivity index (χ3v) is 5.28. The van der Waals surface area contributed by atoms with Crippen LogP contribution in [0.5, 0.6) is 0 Å². The van der Waals surface area contributed by atoms with E-state index in [-0.39, 0.29) is 36.4 Å². The fourth-order valence-corrected chi connectivity index (χ4v) is 3.68. The molecule has 0 aromatic heterocycles. The Morgan fingerprint density at radius 3 is 2.40 bits per heavy atom. The highest BCUT2D eigenvalue weighted by Crippen LogP contribution is 2.19. The summed E-state index contributed by atoms with van der Waals surface area (Å²) in [7, 11) is 1.73. The zero-order valence-corrected chi connectivity index (χ0v) is 20.0. The number of likely N-dealkylation sites (tertiary alicyclic amines) is 1. The summed E-state index contributed by atoms with van der Waals surface area (Å²) in [4.78, 5) is 18.9. The monoisotopic (exact) mass is 521 g/mol. The number of aliphatic imine (C=N–C) groups is 1. The molecule has 7 heteroatoms. The van der Waals surface area contributed by atoms with Gasteiger partial charge in [0, 0.05) is 37.9 Å². The standard InChI is InChI=1S/C23H31N5O.HI/c1-18-15-21(13-14-28(18)17-19-9-5-3-6-10-19)27-23(24-2)25-16-22(29)26-20-11-7-4-8-12-20;/h3-12,18,21H,13-17H2,1-2H3,(H,26,29)(H2,24,25,27);1H. The van der Waals surface area contributed by atoms with Crippen molar-refractivity contribution in [2.75, 3.05) is 25.5 Å². The maximum Gasteiger partial charge on any atom is 0.243 e. The van der Waals surface area contributed by atoms with Crippen molar-refractivity contribution in [3.8, 4) is 0 Å². The molecule has 30 heavy (non-hydrogen) atoms. The highest BCUT2D eigenvalue weighted by atomic mass is 127. The largest absolute Gasteiger partial charge is 0.354 e. The molecule has 2 atom stereocenters. The van der Waals surface area contributed by atoms with Gasteiger partial charge in [-0.15, -0.1) is 24.0 Å². The number of nitrogens with zero attached hydrogens (tertiary/aromatic N) is 2. The maximum absolute atomic E-state index is 12.1. The van der Waals surface area contributed by atoms with E-state index in [4.69, 9.17) is 0 Å². The number of benzene rings is 2. The maximum atomic E-state index is 12.1. The molecule has 1 fully saturated rings. The van der Waals surface area contributed by atoms with Gasteiger partial charge in [0.1, 0.15) is 0 Å². The summed E-state index contributed by atoms with van der Waals surface area (Å²) in [6, 6.07) is 20.9. The predicted octanol–water partition coefficient (Wildman–Crippen LogP) is 3.46. The average Bonchev–Trinajstić information content (AvgIpc) is 2.74. The van der Waals surface area contributed by atoms with E-state index in [1.54, 1.807) is 7.05 Å². The van der Waals surface area contributed by atoms with Crippen molar-refractivity contribution in [1.29, 1.82) is 0 Å². The fraction of sp³-hybridized carbons (Fsp3) is 0.391. The van der Waals surface area contributed by atoms with Gasteiger partial charge in [0.25, 0.3) is 0 Å². The lowest BCUT2D eigenvalue weighted by atomic mass is 9.97. The quantitative estimate of drug-likeness (QED) is 0.310. The van der Waals surface area contributed by atoms with Crippen LogP contribution in [0, 0.1) is 0 Å². The minimum absolute atomic E-state index is 0. The Bertz CT molecular complexity index is 800. The minimum atomic E-state index is -0.0924. The Balaban J connectivity index is 0.00000320. The summed E-state index contributed by atoms with van der Waals surface area (Å²) < 4.78 is 0. The first-order chi connectivity index (χ1) is 14.1. The number of hydrogen-bond donors (Lipinski definition) is 3. The Morgan fingerprint density at radius 2 is 1.77 bits per heavy atom. The molecule has 2 unspecified atom stereocenters. The molecule has 2 aromatic rings. The summed E-state index contributed by atoms with van der Waals surface area (Å²) in [6.07, 6.45) is 2.10. The summed E-state index contributed by atoms with van der Waals surface area (Å²) in [5, 5.41) is 9.46. The molecule has 162 valence electrons. The van der Waals surface area contributed by atoms with Crippen molar-refractivity contribution >= 4 is 41.5 Å². The van der Waals surface area contributed by atoms with Gasteiger partial charge in [-0.05, 0) is 37.5 Å². The van der Waals surface area contributed by atoms with E-state index in [1.807, 2.05) is 30.3 Å². The second-order valence-electron chi connectivity index (χ2n) is 7.51. The number of amides is 1. The van der Waals surface area contributed by atoms with E-state index in [2.05, 4.69) is 63.1 Å². The van der Waals surface area contributed by atoms with E-state index in [0.29, 0.717) is 18.0 Å². The first-order valence-electron chi connectivity index (χ1n) is 10.2. The highest BCUT2D eigenvalue weighted by molar-refractivity contribution is 14.0. The van der Waals surface area contributed by atoms with Crippen molar-refractivity contribution in [1.82, 2.24) is 15.5 Å². The average molecular weight is 521 g/mol. The van der Waals surface area contributed by atoms with Crippen LogP contribution in [0.3, 0.4) is 0 Å². The van der Waals surface area contributed by atoms with E-state index in [1.165, 1.54) is 5.56 Å². The van der Waals surface area contributed by atoms with Crippen LogP contribution < -0.4 is 16.0 Å². The van der Waals surface area contributed by atoms with Gasteiger partial charge in [-0.25, -0.2) is 0 Å². The highest BCUT2D eigenvalue weighted by Gasteiger charge is 2.26. The molecule has 6 nitrogen and oxygen atoms in total. The second-order valence-corrected chi connectivity index (χ2v) is 7.51. The SMILES string of the molecule is CN=C(NCC(=O)Nc1ccccc1)NC1CCN(Cc2ccccc2)C(C)C1.I. The molecule has 3 N–H and O–H groups in total. The van der Waals surface area contributed by atoms with E-state index in [9.17, 15) is 4.79 Å².